The first-order chi connectivity index (χ1) is 10.3. The average Bonchev–Trinajstić information content (AvgIpc) is 2.49. The van der Waals surface area contributed by atoms with E-state index in [9.17, 15) is 0 Å². The van der Waals surface area contributed by atoms with Crippen LogP contribution >= 0.6 is 0 Å². The minimum Gasteiger partial charge on any atom is -0.493 e. The van der Waals surface area contributed by atoms with Crippen LogP contribution in [-0.4, -0.2) is 32.1 Å². The van der Waals surface area contributed by atoms with Gasteiger partial charge in [-0.25, -0.2) is 0 Å². The summed E-state index contributed by atoms with van der Waals surface area (Å²) in [5, 5.41) is 0. The molecule has 0 N–H and O–H groups in total. The van der Waals surface area contributed by atoms with Crippen molar-refractivity contribution in [3.8, 4) is 5.75 Å². The molecule has 2 aromatic rings. The average molecular weight is 283 g/mol. The molecule has 0 atom stereocenters. The zero-order chi connectivity index (χ0) is 14.9. The van der Waals surface area contributed by atoms with Gasteiger partial charge in [-0.2, -0.15) is 0 Å². The van der Waals surface area contributed by atoms with E-state index in [1.54, 1.807) is 0 Å². The van der Waals surface area contributed by atoms with Crippen LogP contribution in [0.4, 0.5) is 0 Å². The maximum atomic E-state index is 5.97. The summed E-state index contributed by atoms with van der Waals surface area (Å²) in [4.78, 5) is 2.21. The predicted octanol–water partition coefficient (Wildman–Crippen LogP) is 4.00. The minimum atomic E-state index is 0.791. The van der Waals surface area contributed by atoms with Crippen molar-refractivity contribution in [2.45, 2.75) is 19.3 Å². The monoisotopic (exact) mass is 283 g/mol. The van der Waals surface area contributed by atoms with E-state index in [0.29, 0.717) is 0 Å². The van der Waals surface area contributed by atoms with Gasteiger partial charge >= 0.3 is 0 Å². The van der Waals surface area contributed by atoms with E-state index < -0.39 is 0 Å². The fourth-order valence-electron chi connectivity index (χ4n) is 2.32. The molecule has 2 aromatic carbocycles. The van der Waals surface area contributed by atoms with Crippen molar-refractivity contribution in [3.63, 3.8) is 0 Å². The van der Waals surface area contributed by atoms with Crippen LogP contribution in [0.25, 0.3) is 0 Å². The topological polar surface area (TPSA) is 12.5 Å². The van der Waals surface area contributed by atoms with Gasteiger partial charge in [-0.05, 0) is 50.7 Å². The maximum Gasteiger partial charge on any atom is 0.122 e. The molecule has 0 saturated carbocycles. The quantitative estimate of drug-likeness (QED) is 0.679. The van der Waals surface area contributed by atoms with Crippen molar-refractivity contribution in [2.24, 2.45) is 0 Å². The van der Waals surface area contributed by atoms with Crippen molar-refractivity contribution in [2.75, 3.05) is 27.2 Å². The fraction of sp³-hybridized carbons (Fsp3) is 0.368. The highest BCUT2D eigenvalue weighted by atomic mass is 16.5. The van der Waals surface area contributed by atoms with E-state index in [2.05, 4.69) is 67.5 Å². The molecule has 21 heavy (non-hydrogen) atoms. The SMILES string of the molecule is CN(C)CCCCOc1ccccc1Cc1ccccc1. The smallest absolute Gasteiger partial charge is 0.122 e. The summed E-state index contributed by atoms with van der Waals surface area (Å²) in [5.74, 6) is 1.02. The van der Waals surface area contributed by atoms with E-state index >= 15 is 0 Å². The predicted molar refractivity (Wildman–Crippen MR) is 89.0 cm³/mol. The van der Waals surface area contributed by atoms with E-state index in [-0.39, 0.29) is 0 Å². The van der Waals surface area contributed by atoms with Gasteiger partial charge in [0.05, 0.1) is 6.61 Å². The molecule has 0 aliphatic rings. The van der Waals surface area contributed by atoms with Gasteiger partial charge < -0.3 is 9.64 Å². The number of rotatable bonds is 8. The Balaban J connectivity index is 1.88. The fourth-order valence-corrected chi connectivity index (χ4v) is 2.32. The molecule has 0 aromatic heterocycles. The molecule has 0 saturated heterocycles. The summed E-state index contributed by atoms with van der Waals surface area (Å²) >= 11 is 0. The Morgan fingerprint density at radius 2 is 1.57 bits per heavy atom. The van der Waals surface area contributed by atoms with E-state index in [1.165, 1.54) is 17.5 Å². The molecular weight excluding hydrogens is 258 g/mol. The van der Waals surface area contributed by atoms with Gasteiger partial charge in [0.15, 0.2) is 0 Å². The van der Waals surface area contributed by atoms with Crippen LogP contribution in [-0.2, 0) is 6.42 Å². The molecule has 0 heterocycles. The van der Waals surface area contributed by atoms with Gasteiger partial charge in [-0.1, -0.05) is 48.5 Å². The number of hydrogen-bond acceptors (Lipinski definition) is 2. The Labute approximate surface area is 128 Å². The van der Waals surface area contributed by atoms with Crippen molar-refractivity contribution >= 4 is 0 Å². The lowest BCUT2D eigenvalue weighted by atomic mass is 10.0. The lowest BCUT2D eigenvalue weighted by Crippen LogP contribution is -2.13. The van der Waals surface area contributed by atoms with Crippen LogP contribution < -0.4 is 4.74 Å². The summed E-state index contributed by atoms with van der Waals surface area (Å²) in [6.45, 7) is 1.91. The second-order valence-corrected chi connectivity index (χ2v) is 5.63. The maximum absolute atomic E-state index is 5.97. The first kappa shape index (κ1) is 15.6. The normalized spacial score (nSPS) is 10.8. The third kappa shape index (κ3) is 5.60. The zero-order valence-corrected chi connectivity index (χ0v) is 13.1. The summed E-state index contributed by atoms with van der Waals surface area (Å²) in [6.07, 6.45) is 3.19. The van der Waals surface area contributed by atoms with Gasteiger partial charge in [0.25, 0.3) is 0 Å². The van der Waals surface area contributed by atoms with Crippen molar-refractivity contribution < 1.29 is 4.74 Å². The molecule has 0 spiro atoms. The lowest BCUT2D eigenvalue weighted by molar-refractivity contribution is 0.291. The molecule has 0 unspecified atom stereocenters. The highest BCUT2D eigenvalue weighted by Crippen LogP contribution is 2.21. The van der Waals surface area contributed by atoms with Gasteiger partial charge in [-0.15, -0.1) is 0 Å². The Hall–Kier alpha value is -1.80. The van der Waals surface area contributed by atoms with E-state index in [4.69, 9.17) is 4.74 Å². The van der Waals surface area contributed by atoms with Crippen LogP contribution in [0.3, 0.4) is 0 Å². The first-order valence-electron chi connectivity index (χ1n) is 7.65. The molecule has 2 heteroatoms. The first-order valence-corrected chi connectivity index (χ1v) is 7.65. The summed E-state index contributed by atoms with van der Waals surface area (Å²) < 4.78 is 5.97. The zero-order valence-electron chi connectivity index (χ0n) is 13.1. The van der Waals surface area contributed by atoms with Gasteiger partial charge in [0.2, 0.25) is 0 Å². The molecule has 0 fully saturated rings. The number of para-hydroxylation sites is 1. The molecule has 0 radical (unpaired) electrons. The van der Waals surface area contributed by atoms with Gasteiger partial charge in [0, 0.05) is 6.42 Å². The van der Waals surface area contributed by atoms with Crippen LogP contribution in [0.15, 0.2) is 54.6 Å². The highest BCUT2D eigenvalue weighted by Gasteiger charge is 2.04. The van der Waals surface area contributed by atoms with Crippen LogP contribution in [0.1, 0.15) is 24.0 Å². The third-order valence-electron chi connectivity index (χ3n) is 3.47. The molecular formula is C19H25NO. The molecule has 0 aliphatic heterocycles. The number of hydrogen-bond donors (Lipinski definition) is 0. The van der Waals surface area contributed by atoms with Gasteiger partial charge in [0.1, 0.15) is 5.75 Å². The van der Waals surface area contributed by atoms with Gasteiger partial charge in [-0.3, -0.25) is 0 Å². The second kappa shape index (κ2) is 8.48. The van der Waals surface area contributed by atoms with Crippen LogP contribution in [0.5, 0.6) is 5.75 Å². The second-order valence-electron chi connectivity index (χ2n) is 5.63. The molecule has 0 amide bonds. The highest BCUT2D eigenvalue weighted by molar-refractivity contribution is 5.37. The molecule has 2 nitrogen and oxygen atoms in total. The van der Waals surface area contributed by atoms with Crippen molar-refractivity contribution in [1.82, 2.24) is 4.90 Å². The Kier molecular flexibility index (Phi) is 6.29. The Bertz CT molecular complexity index is 522. The largest absolute Gasteiger partial charge is 0.493 e. The molecule has 2 rings (SSSR count). The third-order valence-corrected chi connectivity index (χ3v) is 3.47. The Morgan fingerprint density at radius 3 is 2.33 bits per heavy atom. The minimum absolute atomic E-state index is 0.791. The van der Waals surface area contributed by atoms with Crippen LogP contribution in [0.2, 0.25) is 0 Å². The Morgan fingerprint density at radius 1 is 0.857 bits per heavy atom. The molecule has 112 valence electrons. The van der Waals surface area contributed by atoms with Crippen LogP contribution in [0, 0.1) is 0 Å². The number of ether oxygens (including phenoxy) is 1. The molecule has 0 bridgehead atoms. The van der Waals surface area contributed by atoms with Crippen molar-refractivity contribution in [1.29, 1.82) is 0 Å². The summed E-state index contributed by atoms with van der Waals surface area (Å²) in [7, 11) is 4.21. The number of nitrogens with zero attached hydrogens (tertiary/aromatic N) is 1. The molecule has 0 aliphatic carbocycles. The standard InChI is InChI=1S/C19H25NO/c1-20(2)14-8-9-15-21-19-13-7-6-12-18(19)16-17-10-4-3-5-11-17/h3-7,10-13H,8-9,14-16H2,1-2H3. The van der Waals surface area contributed by atoms with E-state index in [1.807, 2.05) is 6.07 Å². The van der Waals surface area contributed by atoms with E-state index in [0.717, 1.165) is 31.7 Å². The number of unbranched alkanes of at least 4 members (excludes halogenated alkanes) is 1. The van der Waals surface area contributed by atoms with Crippen molar-refractivity contribution in [3.05, 3.63) is 65.7 Å². The number of benzene rings is 2. The summed E-state index contributed by atoms with van der Waals surface area (Å²) in [6, 6.07) is 18.9. The lowest BCUT2D eigenvalue weighted by Gasteiger charge is -2.13. The summed E-state index contributed by atoms with van der Waals surface area (Å²) in [5.41, 5.74) is 2.58.